The summed E-state index contributed by atoms with van der Waals surface area (Å²) in [6.45, 7) is 3.33. The first-order valence-corrected chi connectivity index (χ1v) is 10.6. The van der Waals surface area contributed by atoms with Crippen LogP contribution in [0.3, 0.4) is 0 Å². The molecule has 4 rings (SSSR count). The van der Waals surface area contributed by atoms with Crippen molar-refractivity contribution in [2.45, 2.75) is 31.8 Å². The van der Waals surface area contributed by atoms with E-state index in [1.165, 1.54) is 6.07 Å². The topological polar surface area (TPSA) is 64.1 Å². The maximum Gasteiger partial charge on any atom is 0.195 e. The maximum absolute atomic E-state index is 13.4. The lowest BCUT2D eigenvalue weighted by Gasteiger charge is -2.15. The van der Waals surface area contributed by atoms with Gasteiger partial charge in [0.15, 0.2) is 17.5 Å². The monoisotopic (exact) mass is 413 g/mol. The number of hydrogen-bond acceptors (Lipinski definition) is 4. The predicted molar refractivity (Wildman–Crippen MR) is 115 cm³/mol. The highest BCUT2D eigenvalue weighted by Crippen LogP contribution is 2.32. The van der Waals surface area contributed by atoms with Gasteiger partial charge in [-0.2, -0.15) is 0 Å². The first-order valence-electron chi connectivity index (χ1n) is 10.6. The van der Waals surface area contributed by atoms with E-state index >= 15 is 0 Å². The molecule has 1 atom stereocenters. The normalized spacial score (nSPS) is 18.7. The summed E-state index contributed by atoms with van der Waals surface area (Å²) in [5.74, 6) is 1.94. The largest absolute Gasteiger partial charge is 0.490 e. The van der Waals surface area contributed by atoms with E-state index in [9.17, 15) is 4.39 Å². The Kier molecular flexibility index (Phi) is 7.03. The summed E-state index contributed by atoms with van der Waals surface area (Å²) >= 11 is 0. The number of rotatable bonds is 6. The second-order valence-corrected chi connectivity index (χ2v) is 7.47. The van der Waals surface area contributed by atoms with Crippen molar-refractivity contribution in [2.24, 2.45) is 4.99 Å². The molecule has 6 nitrogen and oxygen atoms in total. The Morgan fingerprint density at radius 2 is 1.93 bits per heavy atom. The van der Waals surface area contributed by atoms with Gasteiger partial charge in [-0.15, -0.1) is 0 Å². The average Bonchev–Trinajstić information content (AvgIpc) is 3.16. The molecule has 1 fully saturated rings. The minimum Gasteiger partial charge on any atom is -0.490 e. The van der Waals surface area contributed by atoms with Crippen LogP contribution in [0.2, 0.25) is 0 Å². The average molecular weight is 413 g/mol. The molecule has 7 heteroatoms. The van der Waals surface area contributed by atoms with E-state index in [-0.39, 0.29) is 11.9 Å². The number of guanidine groups is 1. The Balaban J connectivity index is 1.41. The summed E-state index contributed by atoms with van der Waals surface area (Å²) in [6, 6.07) is 12.4. The van der Waals surface area contributed by atoms with Gasteiger partial charge in [0.25, 0.3) is 0 Å². The van der Waals surface area contributed by atoms with Crippen molar-refractivity contribution in [1.29, 1.82) is 0 Å². The summed E-state index contributed by atoms with van der Waals surface area (Å²) < 4.78 is 30.6. The zero-order valence-electron chi connectivity index (χ0n) is 17.0. The third-order valence-corrected chi connectivity index (χ3v) is 5.08. The van der Waals surface area contributed by atoms with Crippen molar-refractivity contribution >= 4 is 11.6 Å². The van der Waals surface area contributed by atoms with Gasteiger partial charge in [-0.25, -0.2) is 4.39 Å². The zero-order chi connectivity index (χ0) is 20.6. The molecule has 2 aliphatic rings. The van der Waals surface area contributed by atoms with Gasteiger partial charge in [0.05, 0.1) is 25.9 Å². The molecule has 30 heavy (non-hydrogen) atoms. The molecule has 0 aromatic heterocycles. The van der Waals surface area contributed by atoms with Gasteiger partial charge < -0.3 is 24.8 Å². The SMILES string of the molecule is Fc1cccc(CCNC(=NCC2CCCO2)Nc2ccc3c(c2)OCCCO3)c1. The first-order chi connectivity index (χ1) is 14.8. The molecule has 0 bridgehead atoms. The number of ether oxygens (including phenoxy) is 3. The van der Waals surface area contributed by atoms with E-state index in [1.807, 2.05) is 24.3 Å². The van der Waals surface area contributed by atoms with Crippen LogP contribution in [-0.2, 0) is 11.2 Å². The highest BCUT2D eigenvalue weighted by Gasteiger charge is 2.16. The van der Waals surface area contributed by atoms with Gasteiger partial charge in [-0.3, -0.25) is 4.99 Å². The molecule has 2 aromatic carbocycles. The molecule has 0 aliphatic carbocycles. The number of benzene rings is 2. The van der Waals surface area contributed by atoms with Crippen LogP contribution >= 0.6 is 0 Å². The van der Waals surface area contributed by atoms with Crippen molar-refractivity contribution in [3.63, 3.8) is 0 Å². The third-order valence-electron chi connectivity index (χ3n) is 5.08. The molecule has 160 valence electrons. The van der Waals surface area contributed by atoms with Crippen molar-refractivity contribution in [1.82, 2.24) is 5.32 Å². The molecule has 2 aromatic rings. The maximum atomic E-state index is 13.4. The number of fused-ring (bicyclic) bond motifs is 1. The Bertz CT molecular complexity index is 869. The smallest absolute Gasteiger partial charge is 0.195 e. The Morgan fingerprint density at radius 3 is 2.77 bits per heavy atom. The standard InChI is InChI=1S/C23H28FN3O3/c24-18-5-1-4-17(14-18)9-10-25-23(26-16-20-6-2-11-28-20)27-19-7-8-21-22(15-19)30-13-3-12-29-21/h1,4-5,7-8,14-15,20H,2-3,6,9-13,16H2,(H2,25,26,27). The molecule has 2 heterocycles. The van der Waals surface area contributed by atoms with E-state index in [4.69, 9.17) is 19.2 Å². The second-order valence-electron chi connectivity index (χ2n) is 7.47. The molecular weight excluding hydrogens is 385 g/mol. The lowest BCUT2D eigenvalue weighted by atomic mass is 10.1. The summed E-state index contributed by atoms with van der Waals surface area (Å²) in [6.07, 6.45) is 3.84. The molecule has 0 amide bonds. The van der Waals surface area contributed by atoms with Crippen LogP contribution in [0, 0.1) is 5.82 Å². The van der Waals surface area contributed by atoms with Crippen LogP contribution in [0.25, 0.3) is 0 Å². The van der Waals surface area contributed by atoms with E-state index in [1.54, 1.807) is 12.1 Å². The number of halogens is 1. The van der Waals surface area contributed by atoms with Crippen LogP contribution < -0.4 is 20.1 Å². The van der Waals surface area contributed by atoms with Gasteiger partial charge in [0, 0.05) is 31.3 Å². The number of nitrogens with one attached hydrogen (secondary N) is 2. The fourth-order valence-corrected chi connectivity index (χ4v) is 3.52. The van der Waals surface area contributed by atoms with Gasteiger partial charge >= 0.3 is 0 Å². The van der Waals surface area contributed by atoms with Crippen molar-refractivity contribution in [2.75, 3.05) is 38.2 Å². The summed E-state index contributed by atoms with van der Waals surface area (Å²) in [7, 11) is 0. The lowest BCUT2D eigenvalue weighted by Crippen LogP contribution is -2.33. The predicted octanol–water partition coefficient (Wildman–Crippen LogP) is 3.77. The number of aliphatic imine (C=N–C) groups is 1. The van der Waals surface area contributed by atoms with Gasteiger partial charge in [-0.1, -0.05) is 12.1 Å². The van der Waals surface area contributed by atoms with Crippen molar-refractivity contribution < 1.29 is 18.6 Å². The van der Waals surface area contributed by atoms with Crippen LogP contribution in [0.5, 0.6) is 11.5 Å². The minimum atomic E-state index is -0.218. The molecule has 0 spiro atoms. The fourth-order valence-electron chi connectivity index (χ4n) is 3.52. The molecule has 0 saturated carbocycles. The minimum absolute atomic E-state index is 0.163. The van der Waals surface area contributed by atoms with Crippen LogP contribution in [0.1, 0.15) is 24.8 Å². The quantitative estimate of drug-likeness (QED) is 0.558. The van der Waals surface area contributed by atoms with Crippen LogP contribution in [0.15, 0.2) is 47.5 Å². The molecule has 1 saturated heterocycles. The molecule has 2 aliphatic heterocycles. The van der Waals surface area contributed by atoms with Crippen molar-refractivity contribution in [3.8, 4) is 11.5 Å². The van der Waals surface area contributed by atoms with E-state index in [2.05, 4.69) is 10.6 Å². The Morgan fingerprint density at radius 1 is 1.03 bits per heavy atom. The Hall–Kier alpha value is -2.80. The van der Waals surface area contributed by atoms with E-state index in [0.717, 1.165) is 48.6 Å². The van der Waals surface area contributed by atoms with Crippen LogP contribution in [-0.4, -0.2) is 45.0 Å². The van der Waals surface area contributed by atoms with E-state index < -0.39 is 0 Å². The van der Waals surface area contributed by atoms with E-state index in [0.29, 0.717) is 38.7 Å². The van der Waals surface area contributed by atoms with Crippen LogP contribution in [0.4, 0.5) is 10.1 Å². The highest BCUT2D eigenvalue weighted by molar-refractivity contribution is 5.94. The molecule has 1 unspecified atom stereocenters. The third kappa shape index (κ3) is 5.86. The fraction of sp³-hybridized carbons (Fsp3) is 0.435. The molecular formula is C23H28FN3O3. The first kappa shape index (κ1) is 20.5. The van der Waals surface area contributed by atoms with Crippen molar-refractivity contribution in [3.05, 3.63) is 53.8 Å². The Labute approximate surface area is 176 Å². The molecule has 0 radical (unpaired) electrons. The van der Waals surface area contributed by atoms with Gasteiger partial charge in [0.1, 0.15) is 5.82 Å². The second kappa shape index (κ2) is 10.3. The number of anilines is 1. The summed E-state index contributed by atoms with van der Waals surface area (Å²) in [4.78, 5) is 4.70. The zero-order valence-corrected chi connectivity index (χ0v) is 17.0. The lowest BCUT2D eigenvalue weighted by molar-refractivity contribution is 0.118. The summed E-state index contributed by atoms with van der Waals surface area (Å²) in [5, 5.41) is 6.69. The van der Waals surface area contributed by atoms with Gasteiger partial charge in [0.2, 0.25) is 0 Å². The highest BCUT2D eigenvalue weighted by atomic mass is 19.1. The number of hydrogen-bond donors (Lipinski definition) is 2. The van der Waals surface area contributed by atoms with Gasteiger partial charge in [-0.05, 0) is 49.1 Å². The molecule has 2 N–H and O–H groups in total. The summed E-state index contributed by atoms with van der Waals surface area (Å²) in [5.41, 5.74) is 1.81. The number of nitrogens with zero attached hydrogens (tertiary/aromatic N) is 1.